The zero-order chi connectivity index (χ0) is 47.8. The topological polar surface area (TPSA) is 113 Å². The molecule has 13 heteroatoms. The summed E-state index contributed by atoms with van der Waals surface area (Å²) in [4.78, 5) is 31.2. The normalized spacial score (nSPS) is 20.7. The van der Waals surface area contributed by atoms with Crippen LogP contribution in [0.3, 0.4) is 0 Å². The Balaban J connectivity index is 1.16. The SMILES string of the molecule is COC1(O[C@@H]2[C@H](OC3(c4ccccc4)c4ccccc4Oc4ccccc43)[C@@H](CO[Si](c3ccccc3)(c3ccccc3)C(C)(C)C)O[C@H]2n2ccc(=O)[nH]c2=O)CCN(c2ccccc2F)CC1. The lowest BCUT2D eigenvalue weighted by atomic mass is 9.77. The van der Waals surface area contributed by atoms with E-state index in [0.717, 1.165) is 27.1 Å². The van der Waals surface area contributed by atoms with E-state index in [-0.39, 0.29) is 12.4 Å². The molecule has 0 unspecified atom stereocenters. The maximum absolute atomic E-state index is 15.2. The van der Waals surface area contributed by atoms with Crippen LogP contribution in [0.15, 0.2) is 186 Å². The van der Waals surface area contributed by atoms with Crippen LogP contribution < -0.4 is 31.3 Å². The van der Waals surface area contributed by atoms with Crippen molar-refractivity contribution in [3.63, 3.8) is 0 Å². The number of halogens is 1. The second-order valence-corrected chi connectivity index (χ2v) is 23.2. The number of piperidine rings is 1. The molecule has 0 aliphatic carbocycles. The Bertz CT molecular complexity index is 2930. The summed E-state index contributed by atoms with van der Waals surface area (Å²) in [6, 6.07) is 54.4. The van der Waals surface area contributed by atoms with Gasteiger partial charge >= 0.3 is 5.69 Å². The van der Waals surface area contributed by atoms with Gasteiger partial charge in [0.25, 0.3) is 13.9 Å². The molecule has 11 nitrogen and oxygen atoms in total. The van der Waals surface area contributed by atoms with Crippen LogP contribution in [0.4, 0.5) is 10.1 Å². The highest BCUT2D eigenvalue weighted by Gasteiger charge is 2.58. The maximum atomic E-state index is 15.2. The lowest BCUT2D eigenvalue weighted by molar-refractivity contribution is -0.282. The van der Waals surface area contributed by atoms with Crippen molar-refractivity contribution < 1.29 is 32.5 Å². The fraction of sp³-hybridized carbons (Fsp3) is 0.286. The summed E-state index contributed by atoms with van der Waals surface area (Å²) in [5.41, 5.74) is 0.244. The number of benzene rings is 6. The molecular weight excluding hydrogens is 890 g/mol. The number of hydrogen-bond acceptors (Lipinski definition) is 9. The number of para-hydroxylation sites is 3. The average Bonchev–Trinajstić information content (AvgIpc) is 3.69. The summed E-state index contributed by atoms with van der Waals surface area (Å²) in [5, 5.41) is 1.76. The minimum Gasteiger partial charge on any atom is -0.457 e. The molecule has 0 amide bonds. The van der Waals surface area contributed by atoms with Gasteiger partial charge in [-0.3, -0.25) is 14.3 Å². The van der Waals surface area contributed by atoms with Gasteiger partial charge in [0.2, 0.25) is 0 Å². The van der Waals surface area contributed by atoms with E-state index in [1.807, 2.05) is 126 Å². The van der Waals surface area contributed by atoms with Gasteiger partial charge in [0.1, 0.15) is 35.6 Å². The van der Waals surface area contributed by atoms with Gasteiger partial charge in [-0.05, 0) is 45.2 Å². The zero-order valence-electron chi connectivity index (χ0n) is 39.1. The van der Waals surface area contributed by atoms with Gasteiger partial charge in [-0.1, -0.05) is 160 Å². The van der Waals surface area contributed by atoms with Gasteiger partial charge < -0.3 is 33.0 Å². The van der Waals surface area contributed by atoms with Crippen molar-refractivity contribution in [1.82, 2.24) is 9.55 Å². The third-order valence-electron chi connectivity index (χ3n) is 14.0. The van der Waals surface area contributed by atoms with Crippen LogP contribution in [-0.2, 0) is 29.0 Å². The molecule has 1 N–H and O–H groups in total. The summed E-state index contributed by atoms with van der Waals surface area (Å²) in [6.07, 6.45) is -2.07. The summed E-state index contributed by atoms with van der Waals surface area (Å²) < 4.78 is 60.0. The summed E-state index contributed by atoms with van der Waals surface area (Å²) in [6.45, 7) is 7.47. The first kappa shape index (κ1) is 46.3. The number of ether oxygens (including phenoxy) is 5. The first-order valence-electron chi connectivity index (χ1n) is 23.5. The molecule has 3 aliphatic rings. The largest absolute Gasteiger partial charge is 0.457 e. The van der Waals surface area contributed by atoms with Gasteiger partial charge in [-0.25, -0.2) is 9.18 Å². The van der Waals surface area contributed by atoms with Crippen LogP contribution >= 0.6 is 0 Å². The Kier molecular flexibility index (Phi) is 12.6. The third-order valence-corrected chi connectivity index (χ3v) is 19.0. The fourth-order valence-corrected chi connectivity index (χ4v) is 15.3. The predicted octanol–water partition coefficient (Wildman–Crippen LogP) is 8.66. The number of fused-ring (bicyclic) bond motifs is 2. The van der Waals surface area contributed by atoms with Gasteiger partial charge in [0.15, 0.2) is 17.6 Å². The highest BCUT2D eigenvalue weighted by Crippen LogP contribution is 2.55. The van der Waals surface area contributed by atoms with E-state index in [9.17, 15) is 9.59 Å². The van der Waals surface area contributed by atoms with E-state index in [1.54, 1.807) is 19.2 Å². The molecule has 7 aromatic rings. The highest BCUT2D eigenvalue weighted by atomic mass is 28.4. The van der Waals surface area contributed by atoms with Crippen molar-refractivity contribution in [2.24, 2.45) is 0 Å². The molecule has 0 spiro atoms. The van der Waals surface area contributed by atoms with E-state index in [4.69, 9.17) is 28.1 Å². The Morgan fingerprint density at radius 1 is 0.696 bits per heavy atom. The molecule has 10 rings (SSSR count). The lowest BCUT2D eigenvalue weighted by Gasteiger charge is -2.47. The molecule has 6 aromatic carbocycles. The number of H-pyrrole nitrogens is 1. The number of aromatic nitrogens is 2. The number of methoxy groups -OCH3 is 1. The van der Waals surface area contributed by atoms with Gasteiger partial charge in [-0.15, -0.1) is 0 Å². The van der Waals surface area contributed by atoms with Crippen LogP contribution in [0.2, 0.25) is 5.04 Å². The molecule has 69 heavy (non-hydrogen) atoms. The minimum atomic E-state index is -3.22. The Morgan fingerprint density at radius 2 is 1.25 bits per heavy atom. The second kappa shape index (κ2) is 18.8. The third kappa shape index (κ3) is 8.36. The van der Waals surface area contributed by atoms with Crippen LogP contribution in [-0.4, -0.2) is 68.8 Å². The van der Waals surface area contributed by atoms with Crippen LogP contribution in [0, 0.1) is 5.82 Å². The van der Waals surface area contributed by atoms with Crippen molar-refractivity contribution in [2.75, 3.05) is 31.7 Å². The van der Waals surface area contributed by atoms with Crippen molar-refractivity contribution in [2.45, 2.75) is 74.6 Å². The van der Waals surface area contributed by atoms with E-state index in [1.165, 1.54) is 22.9 Å². The number of hydrogen-bond donors (Lipinski definition) is 1. The summed E-state index contributed by atoms with van der Waals surface area (Å²) >= 11 is 0. The van der Waals surface area contributed by atoms with E-state index in [0.29, 0.717) is 43.1 Å². The number of nitrogens with one attached hydrogen (secondary N) is 1. The molecule has 2 fully saturated rings. The number of rotatable bonds is 13. The molecule has 1 aromatic heterocycles. The number of aromatic amines is 1. The molecular formula is C56H56FN3O8Si. The molecule has 2 saturated heterocycles. The molecule has 3 aliphatic heterocycles. The van der Waals surface area contributed by atoms with Crippen molar-refractivity contribution in [1.29, 1.82) is 0 Å². The molecule has 4 atom stereocenters. The summed E-state index contributed by atoms with van der Waals surface area (Å²) in [5.74, 6) is -0.344. The molecule has 4 heterocycles. The van der Waals surface area contributed by atoms with Gasteiger partial charge in [0, 0.05) is 56.4 Å². The second-order valence-electron chi connectivity index (χ2n) is 18.9. The quantitative estimate of drug-likeness (QED) is 0.0897. The average molecular weight is 946 g/mol. The molecule has 0 bridgehead atoms. The first-order valence-corrected chi connectivity index (χ1v) is 25.4. The van der Waals surface area contributed by atoms with Crippen molar-refractivity contribution in [3.8, 4) is 11.5 Å². The summed E-state index contributed by atoms with van der Waals surface area (Å²) in [7, 11) is -1.62. The van der Waals surface area contributed by atoms with Gasteiger partial charge in [-0.2, -0.15) is 0 Å². The highest BCUT2D eigenvalue weighted by molar-refractivity contribution is 6.99. The Morgan fingerprint density at radius 3 is 1.81 bits per heavy atom. The molecule has 0 radical (unpaired) electrons. The van der Waals surface area contributed by atoms with E-state index in [2.05, 4.69) is 50.0 Å². The standard InChI is InChI=1S/C56H56FN3O8Si/c1-54(2,3)69(40-22-10-6-11-23-40,41-24-12-7-13-25-41)64-38-48-50(68-56(39-20-8-5-9-21-39)42-26-14-18-30-46(42)65-47-31-19-15-27-43(47)56)51(52(66-48)60-35-32-49(61)58-53(60)62)67-55(63-4)33-36-59(37-34-55)45-29-17-16-28-44(45)57/h5-32,35,48,50-52H,33-34,36-38H2,1-4H3,(H,58,61,62)/t48-,50-,51-,52-/m1/s1. The van der Waals surface area contributed by atoms with Crippen LogP contribution in [0.25, 0.3) is 0 Å². The van der Waals surface area contributed by atoms with Gasteiger partial charge in [0.05, 0.1) is 12.3 Å². The number of nitrogens with zero attached hydrogens (tertiary/aromatic N) is 2. The van der Waals surface area contributed by atoms with E-state index < -0.39 is 60.5 Å². The van der Waals surface area contributed by atoms with Crippen molar-refractivity contribution >= 4 is 24.4 Å². The zero-order valence-corrected chi connectivity index (χ0v) is 40.1. The maximum Gasteiger partial charge on any atom is 0.330 e. The van der Waals surface area contributed by atoms with Crippen molar-refractivity contribution in [3.05, 3.63) is 219 Å². The Labute approximate surface area is 402 Å². The first-order chi connectivity index (χ1) is 33.5. The lowest BCUT2D eigenvalue weighted by Crippen LogP contribution is -2.67. The minimum absolute atomic E-state index is 0.0120. The Hall–Kier alpha value is -6.45. The predicted molar refractivity (Wildman–Crippen MR) is 265 cm³/mol. The fourth-order valence-electron chi connectivity index (χ4n) is 10.7. The smallest absolute Gasteiger partial charge is 0.330 e. The van der Waals surface area contributed by atoms with Crippen LogP contribution in [0.1, 0.15) is 56.5 Å². The number of anilines is 1. The monoisotopic (exact) mass is 945 g/mol. The van der Waals surface area contributed by atoms with E-state index >= 15 is 4.39 Å². The molecule has 0 saturated carbocycles. The molecule has 354 valence electrons. The van der Waals surface area contributed by atoms with Crippen LogP contribution in [0.5, 0.6) is 11.5 Å².